The van der Waals surface area contributed by atoms with Gasteiger partial charge >= 0.3 is 0 Å². The van der Waals surface area contributed by atoms with Crippen molar-refractivity contribution >= 4 is 0 Å². The minimum atomic E-state index is 0.411. The van der Waals surface area contributed by atoms with Gasteiger partial charge in [-0.15, -0.1) is 0 Å². The molecule has 0 aromatic carbocycles. The van der Waals surface area contributed by atoms with E-state index in [1.165, 1.54) is 25.7 Å². The van der Waals surface area contributed by atoms with Crippen LogP contribution in [0.3, 0.4) is 0 Å². The third kappa shape index (κ3) is 5.59. The topological polar surface area (TPSA) is 26.0 Å². The lowest BCUT2D eigenvalue weighted by atomic mass is 9.95. The van der Waals surface area contributed by atoms with E-state index in [1.54, 1.807) is 0 Å². The summed E-state index contributed by atoms with van der Waals surface area (Å²) < 4.78 is 0. The Hall–Kier alpha value is -0.0400. The van der Waals surface area contributed by atoms with Gasteiger partial charge in [-0.2, -0.15) is 0 Å². The summed E-state index contributed by atoms with van der Waals surface area (Å²) in [5, 5.41) is 0. The Bertz CT molecular complexity index is 99.2. The second-order valence-electron chi connectivity index (χ2n) is 4.35. The molecular formula is C11H25N. The minimum Gasteiger partial charge on any atom is -0.327 e. The summed E-state index contributed by atoms with van der Waals surface area (Å²) in [6, 6.07) is 0.411. The van der Waals surface area contributed by atoms with Crippen molar-refractivity contribution in [1.82, 2.24) is 0 Å². The average molecular weight is 171 g/mol. The lowest BCUT2D eigenvalue weighted by molar-refractivity contribution is 0.412. The van der Waals surface area contributed by atoms with Gasteiger partial charge in [-0.3, -0.25) is 0 Å². The quantitative estimate of drug-likeness (QED) is 0.652. The highest BCUT2D eigenvalue weighted by Gasteiger charge is 2.07. The standard InChI is InChI=1S/C11H25N/c1-5-10(4)7-6-8-11(12)9(2)3/h9-11H,5-8,12H2,1-4H3. The molecule has 0 rings (SSSR count). The second kappa shape index (κ2) is 6.47. The van der Waals surface area contributed by atoms with Crippen LogP contribution in [-0.4, -0.2) is 6.04 Å². The molecule has 12 heavy (non-hydrogen) atoms. The number of hydrogen-bond donors (Lipinski definition) is 1. The van der Waals surface area contributed by atoms with Crippen LogP contribution in [0.2, 0.25) is 0 Å². The third-order valence-electron chi connectivity index (χ3n) is 2.79. The first-order valence-electron chi connectivity index (χ1n) is 5.33. The molecule has 2 unspecified atom stereocenters. The summed E-state index contributed by atoms with van der Waals surface area (Å²) in [5.41, 5.74) is 5.94. The highest BCUT2D eigenvalue weighted by atomic mass is 14.6. The summed E-state index contributed by atoms with van der Waals surface area (Å²) >= 11 is 0. The van der Waals surface area contributed by atoms with Crippen LogP contribution in [0, 0.1) is 11.8 Å². The first kappa shape index (κ1) is 12.0. The van der Waals surface area contributed by atoms with Gasteiger partial charge in [-0.05, 0) is 18.3 Å². The van der Waals surface area contributed by atoms with Crippen molar-refractivity contribution in [3.8, 4) is 0 Å². The summed E-state index contributed by atoms with van der Waals surface area (Å²) in [5.74, 6) is 1.52. The van der Waals surface area contributed by atoms with E-state index in [0.717, 1.165) is 5.92 Å². The molecule has 0 radical (unpaired) electrons. The van der Waals surface area contributed by atoms with Gasteiger partial charge in [0.05, 0.1) is 0 Å². The SMILES string of the molecule is CCC(C)CCCC(N)C(C)C. The predicted molar refractivity (Wildman–Crippen MR) is 56.1 cm³/mol. The van der Waals surface area contributed by atoms with Crippen molar-refractivity contribution < 1.29 is 0 Å². The lowest BCUT2D eigenvalue weighted by Gasteiger charge is -2.16. The first-order valence-corrected chi connectivity index (χ1v) is 5.33. The fraction of sp³-hybridized carbons (Fsp3) is 1.00. The van der Waals surface area contributed by atoms with Crippen molar-refractivity contribution in [3.63, 3.8) is 0 Å². The van der Waals surface area contributed by atoms with Crippen LogP contribution in [0.4, 0.5) is 0 Å². The van der Waals surface area contributed by atoms with Crippen molar-refractivity contribution in [2.24, 2.45) is 17.6 Å². The van der Waals surface area contributed by atoms with Crippen LogP contribution in [0.15, 0.2) is 0 Å². The van der Waals surface area contributed by atoms with E-state index in [0.29, 0.717) is 12.0 Å². The molecule has 0 aliphatic rings. The first-order chi connectivity index (χ1) is 5.57. The second-order valence-corrected chi connectivity index (χ2v) is 4.35. The molecule has 0 amide bonds. The normalized spacial score (nSPS) is 16.5. The molecule has 0 heterocycles. The van der Waals surface area contributed by atoms with E-state index < -0.39 is 0 Å². The van der Waals surface area contributed by atoms with Crippen molar-refractivity contribution in [2.75, 3.05) is 0 Å². The maximum Gasteiger partial charge on any atom is 0.00618 e. The Kier molecular flexibility index (Phi) is 6.45. The van der Waals surface area contributed by atoms with Crippen molar-refractivity contribution in [2.45, 2.75) is 59.4 Å². The molecule has 1 nitrogen and oxygen atoms in total. The van der Waals surface area contributed by atoms with Crippen molar-refractivity contribution in [3.05, 3.63) is 0 Å². The fourth-order valence-electron chi connectivity index (χ4n) is 1.24. The summed E-state index contributed by atoms with van der Waals surface area (Å²) in [4.78, 5) is 0. The zero-order chi connectivity index (χ0) is 9.56. The van der Waals surface area contributed by atoms with Crippen LogP contribution >= 0.6 is 0 Å². The Morgan fingerprint density at radius 1 is 1.08 bits per heavy atom. The van der Waals surface area contributed by atoms with Gasteiger partial charge in [0.15, 0.2) is 0 Å². The maximum absolute atomic E-state index is 5.94. The average Bonchev–Trinajstić information content (AvgIpc) is 2.03. The number of rotatable bonds is 6. The molecule has 0 spiro atoms. The summed E-state index contributed by atoms with van der Waals surface area (Å²) in [6.07, 6.45) is 5.14. The monoisotopic (exact) mass is 171 g/mol. The predicted octanol–water partition coefficient (Wildman–Crippen LogP) is 3.19. The van der Waals surface area contributed by atoms with Crippen LogP contribution in [0.1, 0.15) is 53.4 Å². The Labute approximate surface area is 77.7 Å². The Balaban J connectivity index is 3.30. The molecule has 0 aromatic heterocycles. The molecular weight excluding hydrogens is 146 g/mol. The van der Waals surface area contributed by atoms with Gasteiger partial charge in [0.2, 0.25) is 0 Å². The molecule has 0 fully saturated rings. The highest BCUT2D eigenvalue weighted by Crippen LogP contribution is 2.14. The molecule has 0 aliphatic carbocycles. The summed E-state index contributed by atoms with van der Waals surface area (Å²) in [6.45, 7) is 8.98. The molecule has 2 atom stereocenters. The lowest BCUT2D eigenvalue weighted by Crippen LogP contribution is -2.26. The Morgan fingerprint density at radius 2 is 1.67 bits per heavy atom. The highest BCUT2D eigenvalue weighted by molar-refractivity contribution is 4.65. The maximum atomic E-state index is 5.94. The third-order valence-corrected chi connectivity index (χ3v) is 2.79. The van der Waals surface area contributed by atoms with Crippen LogP contribution in [0.25, 0.3) is 0 Å². The molecule has 0 saturated carbocycles. The van der Waals surface area contributed by atoms with E-state index in [-0.39, 0.29) is 0 Å². The van der Waals surface area contributed by atoms with Gasteiger partial charge in [0.1, 0.15) is 0 Å². The van der Waals surface area contributed by atoms with Crippen LogP contribution < -0.4 is 5.73 Å². The van der Waals surface area contributed by atoms with Crippen LogP contribution in [0.5, 0.6) is 0 Å². The van der Waals surface area contributed by atoms with Crippen molar-refractivity contribution in [1.29, 1.82) is 0 Å². The minimum absolute atomic E-state index is 0.411. The van der Waals surface area contributed by atoms with Crippen LogP contribution in [-0.2, 0) is 0 Å². The molecule has 0 aliphatic heterocycles. The molecule has 1 heteroatoms. The van der Waals surface area contributed by atoms with E-state index in [4.69, 9.17) is 5.73 Å². The van der Waals surface area contributed by atoms with Gasteiger partial charge in [0.25, 0.3) is 0 Å². The number of hydrogen-bond acceptors (Lipinski definition) is 1. The van der Waals surface area contributed by atoms with E-state index in [2.05, 4.69) is 27.7 Å². The van der Waals surface area contributed by atoms with E-state index in [1.807, 2.05) is 0 Å². The van der Waals surface area contributed by atoms with E-state index >= 15 is 0 Å². The van der Waals surface area contributed by atoms with E-state index in [9.17, 15) is 0 Å². The number of nitrogens with two attached hydrogens (primary N) is 1. The van der Waals surface area contributed by atoms with Gasteiger partial charge in [-0.25, -0.2) is 0 Å². The zero-order valence-electron chi connectivity index (χ0n) is 9.14. The molecule has 2 N–H and O–H groups in total. The largest absolute Gasteiger partial charge is 0.327 e. The smallest absolute Gasteiger partial charge is 0.00618 e. The van der Waals surface area contributed by atoms with Gasteiger partial charge in [0, 0.05) is 6.04 Å². The fourth-order valence-corrected chi connectivity index (χ4v) is 1.24. The zero-order valence-corrected chi connectivity index (χ0v) is 9.14. The molecule has 74 valence electrons. The Morgan fingerprint density at radius 3 is 2.08 bits per heavy atom. The molecule has 0 aromatic rings. The van der Waals surface area contributed by atoms with Gasteiger partial charge in [-0.1, -0.05) is 47.0 Å². The summed E-state index contributed by atoms with van der Waals surface area (Å²) in [7, 11) is 0. The molecule has 0 bridgehead atoms. The molecule has 0 saturated heterocycles. The van der Waals surface area contributed by atoms with Gasteiger partial charge < -0.3 is 5.73 Å².